The average molecular weight is 417 g/mol. The van der Waals surface area contributed by atoms with Gasteiger partial charge in [-0.25, -0.2) is 9.97 Å². The average Bonchev–Trinajstić information content (AvgIpc) is 3.19. The van der Waals surface area contributed by atoms with E-state index in [-0.39, 0.29) is 5.56 Å². The first-order valence-corrected chi connectivity index (χ1v) is 9.91. The normalized spacial score (nSPS) is 22.4. The van der Waals surface area contributed by atoms with Crippen LogP contribution in [0.2, 0.25) is 0 Å². The SMILES string of the molecule is C[C@@](O)(c1ccc2ncc(-c3cccc(N[C@H]4CNCC45CC5)n3)n2c1)C(F)(F)F. The molecule has 0 aromatic carbocycles. The van der Waals surface area contributed by atoms with Gasteiger partial charge in [-0.05, 0) is 38.0 Å². The van der Waals surface area contributed by atoms with E-state index in [9.17, 15) is 18.3 Å². The van der Waals surface area contributed by atoms with Gasteiger partial charge in [0.2, 0.25) is 0 Å². The highest BCUT2D eigenvalue weighted by Crippen LogP contribution is 2.51. The minimum atomic E-state index is -4.79. The highest BCUT2D eigenvalue weighted by molar-refractivity contribution is 5.62. The Morgan fingerprint density at radius 2 is 2.03 bits per heavy atom. The standard InChI is InChI=1S/C21H22F3N5O/c1-19(30,21(22,23)24)13-5-6-18-26-9-15(29(18)11-13)14-3-2-4-17(27-14)28-16-10-25-12-20(16)7-8-20/h2-6,9,11,16,25,30H,7-8,10,12H2,1H3,(H,27,28)/t16-,19+/m0/s1. The molecule has 1 spiro atoms. The molecule has 2 aliphatic rings. The maximum absolute atomic E-state index is 13.3. The summed E-state index contributed by atoms with van der Waals surface area (Å²) >= 11 is 0. The van der Waals surface area contributed by atoms with Gasteiger partial charge in [0.15, 0.2) is 5.60 Å². The van der Waals surface area contributed by atoms with Crippen LogP contribution in [0, 0.1) is 5.41 Å². The van der Waals surface area contributed by atoms with Crippen LogP contribution < -0.4 is 10.6 Å². The van der Waals surface area contributed by atoms with Gasteiger partial charge in [0, 0.05) is 36.3 Å². The predicted molar refractivity (Wildman–Crippen MR) is 106 cm³/mol. The second-order valence-electron chi connectivity index (χ2n) is 8.46. The summed E-state index contributed by atoms with van der Waals surface area (Å²) in [6.07, 6.45) is 0.455. The Bertz CT molecular complexity index is 1100. The van der Waals surface area contributed by atoms with Gasteiger partial charge in [-0.2, -0.15) is 13.2 Å². The van der Waals surface area contributed by atoms with Gasteiger partial charge < -0.3 is 15.7 Å². The minimum Gasteiger partial charge on any atom is -0.376 e. The van der Waals surface area contributed by atoms with Crippen LogP contribution >= 0.6 is 0 Å². The van der Waals surface area contributed by atoms with Crippen LogP contribution in [0.15, 0.2) is 42.7 Å². The van der Waals surface area contributed by atoms with Gasteiger partial charge in [-0.1, -0.05) is 12.1 Å². The molecule has 158 valence electrons. The Kier molecular flexibility index (Phi) is 4.14. The van der Waals surface area contributed by atoms with E-state index in [0.717, 1.165) is 25.8 Å². The molecule has 4 heterocycles. The molecule has 5 rings (SSSR count). The van der Waals surface area contributed by atoms with Crippen LogP contribution in [0.5, 0.6) is 0 Å². The number of halogens is 3. The first-order chi connectivity index (χ1) is 14.2. The fourth-order valence-corrected chi connectivity index (χ4v) is 4.15. The molecule has 2 atom stereocenters. The molecule has 3 aromatic heterocycles. The molecule has 0 unspecified atom stereocenters. The van der Waals surface area contributed by atoms with Crippen molar-refractivity contribution in [1.29, 1.82) is 0 Å². The van der Waals surface area contributed by atoms with Gasteiger partial charge in [0.25, 0.3) is 0 Å². The molecule has 0 radical (unpaired) electrons. The lowest BCUT2D eigenvalue weighted by Gasteiger charge is -2.26. The molecule has 3 N–H and O–H groups in total. The van der Waals surface area contributed by atoms with Gasteiger partial charge in [0.05, 0.1) is 17.6 Å². The third-order valence-corrected chi connectivity index (χ3v) is 6.41. The summed E-state index contributed by atoms with van der Waals surface area (Å²) in [5, 5.41) is 17.0. The lowest BCUT2D eigenvalue weighted by atomic mass is 9.97. The summed E-state index contributed by atoms with van der Waals surface area (Å²) in [5.74, 6) is 0.723. The Morgan fingerprint density at radius 1 is 1.23 bits per heavy atom. The first kappa shape index (κ1) is 19.3. The Hall–Kier alpha value is -2.65. The van der Waals surface area contributed by atoms with E-state index in [0.29, 0.717) is 28.5 Å². The maximum Gasteiger partial charge on any atom is 0.421 e. The fraction of sp³-hybridized carbons (Fsp3) is 0.429. The van der Waals surface area contributed by atoms with Gasteiger partial charge in [-0.3, -0.25) is 4.40 Å². The maximum atomic E-state index is 13.3. The number of nitrogens with one attached hydrogen (secondary N) is 2. The Balaban J connectivity index is 1.50. The smallest absolute Gasteiger partial charge is 0.376 e. The van der Waals surface area contributed by atoms with Crippen LogP contribution in [-0.2, 0) is 5.60 Å². The van der Waals surface area contributed by atoms with Crippen molar-refractivity contribution >= 4 is 11.5 Å². The van der Waals surface area contributed by atoms with E-state index in [1.807, 2.05) is 12.1 Å². The fourth-order valence-electron chi connectivity index (χ4n) is 4.15. The van der Waals surface area contributed by atoms with Crippen LogP contribution in [-0.4, -0.2) is 44.8 Å². The molecule has 0 bridgehead atoms. The number of rotatable bonds is 4. The van der Waals surface area contributed by atoms with E-state index < -0.39 is 11.8 Å². The molecule has 2 fully saturated rings. The van der Waals surface area contributed by atoms with Crippen molar-refractivity contribution in [2.24, 2.45) is 5.41 Å². The van der Waals surface area contributed by atoms with Gasteiger partial charge in [0.1, 0.15) is 11.5 Å². The number of aromatic nitrogens is 3. The second kappa shape index (κ2) is 6.42. The molecular formula is C21H22F3N5O. The highest BCUT2D eigenvalue weighted by atomic mass is 19.4. The number of hydrogen-bond donors (Lipinski definition) is 3. The lowest BCUT2D eigenvalue weighted by Crippen LogP contribution is -2.39. The van der Waals surface area contributed by atoms with E-state index in [1.165, 1.54) is 35.6 Å². The zero-order valence-corrected chi connectivity index (χ0v) is 16.4. The summed E-state index contributed by atoms with van der Waals surface area (Å²) in [6, 6.07) is 8.57. The number of fused-ring (bicyclic) bond motifs is 1. The van der Waals surface area contributed by atoms with Crippen LogP contribution in [0.4, 0.5) is 19.0 Å². The van der Waals surface area contributed by atoms with Gasteiger partial charge in [-0.15, -0.1) is 0 Å². The van der Waals surface area contributed by atoms with E-state index in [1.54, 1.807) is 12.3 Å². The van der Waals surface area contributed by atoms with Crippen molar-refractivity contribution in [1.82, 2.24) is 19.7 Å². The number of anilines is 1. The molecule has 1 aliphatic carbocycles. The topological polar surface area (TPSA) is 74.5 Å². The number of hydrogen-bond acceptors (Lipinski definition) is 5. The Morgan fingerprint density at radius 3 is 2.77 bits per heavy atom. The summed E-state index contributed by atoms with van der Waals surface area (Å²) in [7, 11) is 0. The van der Waals surface area contributed by atoms with Crippen LogP contribution in [0.1, 0.15) is 25.3 Å². The number of pyridine rings is 2. The van der Waals surface area contributed by atoms with Crippen LogP contribution in [0.3, 0.4) is 0 Å². The van der Waals surface area contributed by atoms with Gasteiger partial charge >= 0.3 is 6.18 Å². The van der Waals surface area contributed by atoms with Crippen molar-refractivity contribution in [3.8, 4) is 11.4 Å². The molecular weight excluding hydrogens is 395 g/mol. The number of alkyl halides is 3. The number of aliphatic hydroxyl groups is 1. The molecule has 0 amide bonds. The monoisotopic (exact) mass is 417 g/mol. The zero-order valence-electron chi connectivity index (χ0n) is 16.4. The van der Waals surface area contributed by atoms with E-state index in [2.05, 4.69) is 20.6 Å². The highest BCUT2D eigenvalue weighted by Gasteiger charge is 2.52. The third kappa shape index (κ3) is 3.04. The third-order valence-electron chi connectivity index (χ3n) is 6.41. The number of imidazole rings is 1. The molecule has 3 aromatic rings. The van der Waals surface area contributed by atoms with Crippen molar-refractivity contribution in [2.75, 3.05) is 18.4 Å². The number of nitrogens with zero attached hydrogens (tertiary/aromatic N) is 3. The molecule has 1 aliphatic heterocycles. The van der Waals surface area contributed by atoms with E-state index in [4.69, 9.17) is 0 Å². The molecule has 9 heteroatoms. The van der Waals surface area contributed by atoms with E-state index >= 15 is 0 Å². The summed E-state index contributed by atoms with van der Waals surface area (Å²) in [6.45, 7) is 2.65. The van der Waals surface area contributed by atoms with Crippen molar-refractivity contribution in [2.45, 2.75) is 37.6 Å². The lowest BCUT2D eigenvalue weighted by molar-refractivity contribution is -0.259. The van der Waals surface area contributed by atoms with Crippen molar-refractivity contribution in [3.05, 3.63) is 48.3 Å². The summed E-state index contributed by atoms with van der Waals surface area (Å²) < 4.78 is 41.4. The molecule has 1 saturated carbocycles. The molecule has 30 heavy (non-hydrogen) atoms. The largest absolute Gasteiger partial charge is 0.421 e. The predicted octanol–water partition coefficient (Wildman–Crippen LogP) is 3.33. The molecule has 6 nitrogen and oxygen atoms in total. The minimum absolute atomic E-state index is 0.260. The van der Waals surface area contributed by atoms with Crippen LogP contribution in [0.25, 0.3) is 17.0 Å². The Labute approximate surface area is 171 Å². The summed E-state index contributed by atoms with van der Waals surface area (Å²) in [5.41, 5.74) is -1.29. The van der Waals surface area contributed by atoms with Crippen molar-refractivity contribution in [3.63, 3.8) is 0 Å². The zero-order chi connectivity index (χ0) is 21.1. The van der Waals surface area contributed by atoms with Crippen molar-refractivity contribution < 1.29 is 18.3 Å². The summed E-state index contributed by atoms with van der Waals surface area (Å²) in [4.78, 5) is 8.95. The second-order valence-corrected chi connectivity index (χ2v) is 8.46. The quantitative estimate of drug-likeness (QED) is 0.607. The first-order valence-electron chi connectivity index (χ1n) is 9.91. The molecule has 1 saturated heterocycles.